The lowest BCUT2D eigenvalue weighted by molar-refractivity contribution is 0.0666. The van der Waals surface area contributed by atoms with E-state index in [9.17, 15) is 9.59 Å². The van der Waals surface area contributed by atoms with Gasteiger partial charge in [-0.05, 0) is 31.2 Å². The van der Waals surface area contributed by atoms with E-state index in [0.717, 1.165) is 5.01 Å². The summed E-state index contributed by atoms with van der Waals surface area (Å²) in [6.45, 7) is 3.87. The Balaban J connectivity index is 1.53. The van der Waals surface area contributed by atoms with E-state index in [1.165, 1.54) is 11.3 Å². The minimum Gasteiger partial charge on any atom is -0.334 e. The van der Waals surface area contributed by atoms with Gasteiger partial charge in [-0.25, -0.2) is 9.78 Å². The van der Waals surface area contributed by atoms with E-state index in [1.807, 2.05) is 6.92 Å². The number of nitrogens with one attached hydrogen (secondary N) is 1. The number of thiazole rings is 1. The first-order valence-electron chi connectivity index (χ1n) is 7.56. The summed E-state index contributed by atoms with van der Waals surface area (Å²) < 4.78 is 0. The Hall–Kier alpha value is -2.12. The van der Waals surface area contributed by atoms with Gasteiger partial charge in [-0.3, -0.25) is 4.79 Å². The van der Waals surface area contributed by atoms with Gasteiger partial charge < -0.3 is 15.1 Å². The smallest absolute Gasteiger partial charge is 0.321 e. The lowest BCUT2D eigenvalue weighted by Gasteiger charge is -2.34. The number of carbonyl (C=O) groups excluding carboxylic acids is 2. The number of urea groups is 1. The van der Waals surface area contributed by atoms with Crippen LogP contribution in [0.2, 0.25) is 5.02 Å². The summed E-state index contributed by atoms with van der Waals surface area (Å²) in [7, 11) is 0. The maximum absolute atomic E-state index is 12.4. The van der Waals surface area contributed by atoms with Crippen LogP contribution in [0.5, 0.6) is 0 Å². The highest BCUT2D eigenvalue weighted by Gasteiger charge is 2.25. The highest BCUT2D eigenvalue weighted by Crippen LogP contribution is 2.15. The predicted molar refractivity (Wildman–Crippen MR) is 94.8 cm³/mol. The van der Waals surface area contributed by atoms with Crippen molar-refractivity contribution in [2.75, 3.05) is 31.5 Å². The van der Waals surface area contributed by atoms with Crippen molar-refractivity contribution >= 4 is 40.6 Å². The molecule has 0 spiro atoms. The second-order valence-electron chi connectivity index (χ2n) is 5.47. The van der Waals surface area contributed by atoms with Crippen LogP contribution in [-0.4, -0.2) is 52.9 Å². The van der Waals surface area contributed by atoms with Gasteiger partial charge >= 0.3 is 6.03 Å². The van der Waals surface area contributed by atoms with Crippen molar-refractivity contribution in [3.8, 4) is 0 Å². The number of hydrogen-bond acceptors (Lipinski definition) is 4. The third-order valence-electron chi connectivity index (χ3n) is 3.79. The molecule has 1 aliphatic heterocycles. The molecular weight excluding hydrogens is 348 g/mol. The Morgan fingerprint density at radius 2 is 1.75 bits per heavy atom. The van der Waals surface area contributed by atoms with Gasteiger partial charge in [0.15, 0.2) is 0 Å². The van der Waals surface area contributed by atoms with E-state index < -0.39 is 0 Å². The van der Waals surface area contributed by atoms with E-state index in [4.69, 9.17) is 11.6 Å². The summed E-state index contributed by atoms with van der Waals surface area (Å²) in [5, 5.41) is 6.10. The Morgan fingerprint density at radius 3 is 2.33 bits per heavy atom. The lowest BCUT2D eigenvalue weighted by atomic mass is 10.3. The molecule has 1 aromatic carbocycles. The summed E-state index contributed by atoms with van der Waals surface area (Å²) >= 11 is 7.29. The van der Waals surface area contributed by atoms with Crippen molar-refractivity contribution in [1.29, 1.82) is 0 Å². The normalized spacial score (nSPS) is 14.6. The topological polar surface area (TPSA) is 65.5 Å². The maximum Gasteiger partial charge on any atom is 0.321 e. The van der Waals surface area contributed by atoms with Gasteiger partial charge in [0.2, 0.25) is 0 Å². The molecule has 8 heteroatoms. The van der Waals surface area contributed by atoms with Crippen LogP contribution < -0.4 is 5.32 Å². The molecule has 1 aromatic heterocycles. The van der Waals surface area contributed by atoms with Gasteiger partial charge in [-0.2, -0.15) is 0 Å². The van der Waals surface area contributed by atoms with Crippen LogP contribution >= 0.6 is 22.9 Å². The van der Waals surface area contributed by atoms with E-state index in [2.05, 4.69) is 10.3 Å². The minimum atomic E-state index is -0.172. The molecule has 126 valence electrons. The summed E-state index contributed by atoms with van der Waals surface area (Å²) in [4.78, 5) is 32.3. The molecular formula is C16H17ClN4O2S. The molecule has 2 aromatic rings. The molecule has 1 N–H and O–H groups in total. The highest BCUT2D eigenvalue weighted by molar-refractivity contribution is 7.09. The molecule has 1 saturated heterocycles. The minimum absolute atomic E-state index is 0.0721. The first-order chi connectivity index (χ1) is 11.5. The zero-order valence-electron chi connectivity index (χ0n) is 13.2. The number of rotatable bonds is 2. The number of amides is 3. The highest BCUT2D eigenvalue weighted by atomic mass is 35.5. The molecule has 1 aliphatic rings. The molecule has 0 aliphatic carbocycles. The van der Waals surface area contributed by atoms with Crippen LogP contribution in [0.1, 0.15) is 15.5 Å². The molecule has 0 saturated carbocycles. The van der Waals surface area contributed by atoms with Gasteiger partial charge in [-0.15, -0.1) is 11.3 Å². The number of carbonyl (C=O) groups is 2. The number of aromatic nitrogens is 1. The average molecular weight is 365 g/mol. The van der Waals surface area contributed by atoms with Gasteiger partial charge in [0.05, 0.1) is 5.01 Å². The van der Waals surface area contributed by atoms with E-state index >= 15 is 0 Å². The number of aryl methyl sites for hydroxylation is 1. The Bertz CT molecular complexity index is 739. The first-order valence-corrected chi connectivity index (χ1v) is 8.81. The van der Waals surface area contributed by atoms with Crippen molar-refractivity contribution in [2.24, 2.45) is 0 Å². The Kier molecular flexibility index (Phi) is 5.01. The van der Waals surface area contributed by atoms with Crippen molar-refractivity contribution in [2.45, 2.75) is 6.92 Å². The fourth-order valence-corrected chi connectivity index (χ4v) is 3.18. The van der Waals surface area contributed by atoms with Crippen molar-refractivity contribution in [3.05, 3.63) is 45.4 Å². The maximum atomic E-state index is 12.4. The number of piperazine rings is 1. The van der Waals surface area contributed by atoms with Crippen molar-refractivity contribution in [3.63, 3.8) is 0 Å². The Labute approximate surface area is 149 Å². The molecule has 0 radical (unpaired) electrons. The second kappa shape index (κ2) is 7.19. The molecule has 6 nitrogen and oxygen atoms in total. The van der Waals surface area contributed by atoms with Crippen LogP contribution in [0.25, 0.3) is 0 Å². The number of nitrogens with zero attached hydrogens (tertiary/aromatic N) is 3. The third-order valence-corrected chi connectivity index (χ3v) is 4.81. The number of halogens is 1. The Morgan fingerprint density at radius 1 is 1.12 bits per heavy atom. The second-order valence-corrected chi connectivity index (χ2v) is 6.97. The van der Waals surface area contributed by atoms with Crippen LogP contribution in [0.3, 0.4) is 0 Å². The monoisotopic (exact) mass is 364 g/mol. The molecule has 0 unspecified atom stereocenters. The van der Waals surface area contributed by atoms with Gasteiger partial charge in [0.25, 0.3) is 5.91 Å². The quantitative estimate of drug-likeness (QED) is 0.890. The zero-order chi connectivity index (χ0) is 17.1. The zero-order valence-corrected chi connectivity index (χ0v) is 14.7. The van der Waals surface area contributed by atoms with Gasteiger partial charge in [0.1, 0.15) is 5.69 Å². The van der Waals surface area contributed by atoms with Crippen LogP contribution in [0.4, 0.5) is 10.5 Å². The van der Waals surface area contributed by atoms with Gasteiger partial charge in [0, 0.05) is 42.3 Å². The van der Waals surface area contributed by atoms with Crippen molar-refractivity contribution < 1.29 is 9.59 Å². The van der Waals surface area contributed by atoms with Crippen molar-refractivity contribution in [1.82, 2.24) is 14.8 Å². The first kappa shape index (κ1) is 16.7. The summed E-state index contributed by atoms with van der Waals surface area (Å²) in [6.07, 6.45) is 0. The van der Waals surface area contributed by atoms with E-state index in [0.29, 0.717) is 42.6 Å². The molecule has 0 atom stereocenters. The van der Waals surface area contributed by atoms with Gasteiger partial charge in [-0.1, -0.05) is 11.6 Å². The standard InChI is InChI=1S/C16H17ClN4O2S/c1-11-18-14(10-24-11)15(22)20-6-8-21(9-7-20)16(23)19-13-4-2-12(17)3-5-13/h2-5,10H,6-9H2,1H3,(H,19,23). The van der Waals surface area contributed by atoms with Crippen LogP contribution in [-0.2, 0) is 0 Å². The molecule has 0 bridgehead atoms. The molecule has 3 rings (SSSR count). The summed E-state index contributed by atoms with van der Waals surface area (Å²) in [5.41, 5.74) is 1.18. The molecule has 2 heterocycles. The van der Waals surface area contributed by atoms with E-state index in [1.54, 1.807) is 39.4 Å². The fraction of sp³-hybridized carbons (Fsp3) is 0.312. The molecule has 1 fully saturated rings. The SMILES string of the molecule is Cc1nc(C(=O)N2CCN(C(=O)Nc3ccc(Cl)cc3)CC2)cs1. The number of benzene rings is 1. The average Bonchev–Trinajstić information content (AvgIpc) is 3.03. The summed E-state index contributed by atoms with van der Waals surface area (Å²) in [6, 6.07) is 6.79. The van der Waals surface area contributed by atoms with Crippen LogP contribution in [0, 0.1) is 6.92 Å². The van der Waals surface area contributed by atoms with E-state index in [-0.39, 0.29) is 11.9 Å². The largest absolute Gasteiger partial charge is 0.334 e. The molecule has 3 amide bonds. The molecule has 24 heavy (non-hydrogen) atoms. The number of hydrogen-bond donors (Lipinski definition) is 1. The fourth-order valence-electron chi connectivity index (χ4n) is 2.47. The predicted octanol–water partition coefficient (Wildman–Crippen LogP) is 3.09. The van der Waals surface area contributed by atoms with Crippen LogP contribution in [0.15, 0.2) is 29.6 Å². The number of anilines is 1. The third kappa shape index (κ3) is 3.85. The summed E-state index contributed by atoms with van der Waals surface area (Å²) in [5.74, 6) is -0.0721. The lowest BCUT2D eigenvalue weighted by Crippen LogP contribution is -2.51.